The summed E-state index contributed by atoms with van der Waals surface area (Å²) in [5.74, 6) is 2.16. The highest BCUT2D eigenvalue weighted by molar-refractivity contribution is 5.88. The van der Waals surface area contributed by atoms with Crippen LogP contribution in [-0.2, 0) is 20.7 Å². The molecule has 3 aliphatic rings. The van der Waals surface area contributed by atoms with Gasteiger partial charge in [-0.2, -0.15) is 0 Å². The molecule has 2 fully saturated rings. The highest BCUT2D eigenvalue weighted by atomic mass is 16.5. The molecule has 0 spiro atoms. The van der Waals surface area contributed by atoms with Gasteiger partial charge in [0.15, 0.2) is 5.78 Å². The number of ether oxygens (including phenoxy) is 1. The second kappa shape index (κ2) is 10.2. The summed E-state index contributed by atoms with van der Waals surface area (Å²) < 4.78 is 11.5. The lowest BCUT2D eigenvalue weighted by molar-refractivity contribution is -0.149. The van der Waals surface area contributed by atoms with Crippen molar-refractivity contribution < 1.29 is 18.8 Å². The van der Waals surface area contributed by atoms with Crippen LogP contribution in [0.4, 0.5) is 0 Å². The molecule has 0 saturated heterocycles. The molecular formula is C34H53NO4. The van der Waals surface area contributed by atoms with Crippen molar-refractivity contribution in [2.75, 3.05) is 6.61 Å². The van der Waals surface area contributed by atoms with Gasteiger partial charge in [0, 0.05) is 23.8 Å². The lowest BCUT2D eigenvalue weighted by atomic mass is 9.43. The van der Waals surface area contributed by atoms with E-state index in [1.54, 1.807) is 6.92 Å². The molecule has 0 aromatic carbocycles. The van der Waals surface area contributed by atoms with Crippen LogP contribution >= 0.6 is 0 Å². The Bertz CT molecular complexity index is 1130. The Morgan fingerprint density at radius 2 is 1.82 bits per heavy atom. The van der Waals surface area contributed by atoms with E-state index >= 15 is 0 Å². The molecule has 0 N–H and O–H groups in total. The molecule has 6 atom stereocenters. The van der Waals surface area contributed by atoms with Crippen molar-refractivity contribution in [3.8, 4) is 0 Å². The molecule has 5 nitrogen and oxygen atoms in total. The normalized spacial score (nSPS) is 37.2. The maximum absolute atomic E-state index is 12.8. The van der Waals surface area contributed by atoms with Crippen LogP contribution in [0.15, 0.2) is 22.4 Å². The molecule has 5 heteroatoms. The summed E-state index contributed by atoms with van der Waals surface area (Å²) in [6.07, 6.45) is 12.4. The Labute approximate surface area is 236 Å². The molecule has 0 amide bonds. The molecule has 4 rings (SSSR count). The van der Waals surface area contributed by atoms with Gasteiger partial charge >= 0.3 is 5.97 Å². The van der Waals surface area contributed by atoms with Crippen LogP contribution in [0, 0.1) is 38.9 Å². The summed E-state index contributed by atoms with van der Waals surface area (Å²) in [5.41, 5.74) is 2.53. The minimum atomic E-state index is -0.185. The predicted octanol–water partition coefficient (Wildman–Crippen LogP) is 8.47. The van der Waals surface area contributed by atoms with Crippen LogP contribution in [0.25, 0.3) is 0 Å². The molecular weight excluding hydrogens is 486 g/mol. The maximum Gasteiger partial charge on any atom is 0.302 e. The fourth-order valence-corrected chi connectivity index (χ4v) is 9.06. The molecule has 1 aromatic rings. The van der Waals surface area contributed by atoms with Crippen molar-refractivity contribution in [1.29, 1.82) is 0 Å². The number of ketones is 1. The van der Waals surface area contributed by atoms with Gasteiger partial charge in [-0.3, -0.25) is 9.59 Å². The maximum atomic E-state index is 12.8. The highest BCUT2D eigenvalue weighted by Gasteiger charge is 2.59. The number of aromatic nitrogens is 1. The second-order valence-corrected chi connectivity index (χ2v) is 15.5. The van der Waals surface area contributed by atoms with Gasteiger partial charge in [-0.15, -0.1) is 0 Å². The molecule has 39 heavy (non-hydrogen) atoms. The second-order valence-electron chi connectivity index (χ2n) is 15.5. The highest BCUT2D eigenvalue weighted by Crippen LogP contribution is 2.67. The number of hydrogen-bond acceptors (Lipinski definition) is 5. The zero-order valence-electron chi connectivity index (χ0n) is 26.3. The largest absolute Gasteiger partial charge is 0.465 e. The molecule has 1 aromatic heterocycles. The fraction of sp³-hybridized carbons (Fsp3) is 0.794. The summed E-state index contributed by atoms with van der Waals surface area (Å²) in [6, 6.07) is 0. The Kier molecular flexibility index (Phi) is 7.84. The standard InChI is InChI=1S/C34H53NO4/c1-22-18-30(5,6)13-15-34(22,21-38-25(4)37)16-14-31(7,8)33(10)12-11-27-24(3)29-26(20-35-39-29)19-32(27,9)28(33)17-23(2)36/h17,20,22,24,27H,11-16,18-19,21H2,1-10H3/b28-17-/t22?,24-,27-,32-,33+,34+/m0/s1. The first-order valence-corrected chi connectivity index (χ1v) is 15.3. The third-order valence-corrected chi connectivity index (χ3v) is 12.1. The van der Waals surface area contributed by atoms with Crippen molar-refractivity contribution >= 4 is 11.8 Å². The number of allylic oxidation sites excluding steroid dienone is 2. The van der Waals surface area contributed by atoms with E-state index in [0.717, 1.165) is 57.1 Å². The van der Waals surface area contributed by atoms with E-state index in [1.165, 1.54) is 18.1 Å². The van der Waals surface area contributed by atoms with Gasteiger partial charge in [0.2, 0.25) is 0 Å². The van der Waals surface area contributed by atoms with Crippen LogP contribution in [-0.4, -0.2) is 23.5 Å². The summed E-state index contributed by atoms with van der Waals surface area (Å²) in [7, 11) is 0. The van der Waals surface area contributed by atoms with E-state index in [0.29, 0.717) is 23.9 Å². The number of carbonyl (C=O) groups excluding carboxylic acids is 2. The van der Waals surface area contributed by atoms with Crippen molar-refractivity contribution in [2.24, 2.45) is 38.9 Å². The molecule has 0 aliphatic heterocycles. The minimum absolute atomic E-state index is 0.00288. The zero-order chi connectivity index (χ0) is 29.0. The van der Waals surface area contributed by atoms with E-state index in [4.69, 9.17) is 9.26 Å². The average Bonchev–Trinajstić information content (AvgIpc) is 3.28. The molecule has 0 radical (unpaired) electrons. The predicted molar refractivity (Wildman–Crippen MR) is 155 cm³/mol. The van der Waals surface area contributed by atoms with Crippen LogP contribution in [0.1, 0.15) is 131 Å². The van der Waals surface area contributed by atoms with Crippen LogP contribution < -0.4 is 0 Å². The van der Waals surface area contributed by atoms with Crippen molar-refractivity contribution in [1.82, 2.24) is 5.16 Å². The number of rotatable bonds is 7. The molecule has 0 bridgehead atoms. The first-order chi connectivity index (χ1) is 18.0. The monoisotopic (exact) mass is 539 g/mol. The van der Waals surface area contributed by atoms with Gasteiger partial charge in [-0.05, 0) is 97.9 Å². The zero-order valence-corrected chi connectivity index (χ0v) is 26.3. The van der Waals surface area contributed by atoms with E-state index in [2.05, 4.69) is 60.5 Å². The lowest BCUT2D eigenvalue weighted by Crippen LogP contribution is -2.53. The van der Waals surface area contributed by atoms with Gasteiger partial charge in [-0.25, -0.2) is 0 Å². The summed E-state index contributed by atoms with van der Waals surface area (Å²) >= 11 is 0. The van der Waals surface area contributed by atoms with Gasteiger partial charge in [-0.1, -0.05) is 66.1 Å². The third-order valence-electron chi connectivity index (χ3n) is 12.1. The molecule has 218 valence electrons. The smallest absolute Gasteiger partial charge is 0.302 e. The van der Waals surface area contributed by atoms with Crippen molar-refractivity contribution in [3.05, 3.63) is 29.2 Å². The molecule has 3 aliphatic carbocycles. The SMILES string of the molecule is CC(=O)/C=C1/[C@@]2(C)Cc3cnoc3[C@@H](C)[C@@H]2CC[C@@]1(C)C(C)(C)CC[C@@]1(COC(C)=O)CCC(C)(C)CC1C. The number of fused-ring (bicyclic) bond motifs is 2. The molecule has 2 saturated carbocycles. The molecule has 1 unspecified atom stereocenters. The first-order valence-electron chi connectivity index (χ1n) is 15.3. The van der Waals surface area contributed by atoms with E-state index < -0.39 is 0 Å². The minimum Gasteiger partial charge on any atom is -0.465 e. The fourth-order valence-electron chi connectivity index (χ4n) is 9.06. The average molecular weight is 540 g/mol. The van der Waals surface area contributed by atoms with Gasteiger partial charge in [0.25, 0.3) is 0 Å². The van der Waals surface area contributed by atoms with Crippen LogP contribution in [0.5, 0.6) is 0 Å². The number of nitrogens with zero attached hydrogens (tertiary/aromatic N) is 1. The summed E-state index contributed by atoms with van der Waals surface area (Å²) in [6.45, 7) is 22.8. The van der Waals surface area contributed by atoms with Gasteiger partial charge in [0.05, 0.1) is 12.8 Å². The molecule has 1 heterocycles. The lowest BCUT2D eigenvalue weighted by Gasteiger charge is -2.60. The Hall–Kier alpha value is -1.91. The Balaban J connectivity index is 1.67. The Morgan fingerprint density at radius 1 is 1.13 bits per heavy atom. The van der Waals surface area contributed by atoms with Crippen molar-refractivity contribution in [2.45, 2.75) is 127 Å². The number of esters is 1. The summed E-state index contributed by atoms with van der Waals surface area (Å²) in [4.78, 5) is 24.7. The first kappa shape index (κ1) is 30.1. The summed E-state index contributed by atoms with van der Waals surface area (Å²) in [5, 5.41) is 4.15. The topological polar surface area (TPSA) is 69.4 Å². The number of hydrogen-bond donors (Lipinski definition) is 0. The van der Waals surface area contributed by atoms with Crippen LogP contribution in [0.2, 0.25) is 0 Å². The van der Waals surface area contributed by atoms with E-state index in [-0.39, 0.29) is 39.3 Å². The van der Waals surface area contributed by atoms with E-state index in [1.807, 2.05) is 12.3 Å². The van der Waals surface area contributed by atoms with Crippen molar-refractivity contribution in [3.63, 3.8) is 0 Å². The van der Waals surface area contributed by atoms with Crippen LogP contribution in [0.3, 0.4) is 0 Å². The van der Waals surface area contributed by atoms with E-state index in [9.17, 15) is 9.59 Å². The third kappa shape index (κ3) is 5.28. The van der Waals surface area contributed by atoms with Gasteiger partial charge < -0.3 is 9.26 Å². The Morgan fingerprint density at radius 3 is 2.44 bits per heavy atom. The quantitative estimate of drug-likeness (QED) is 0.257. The number of carbonyl (C=O) groups is 2. The van der Waals surface area contributed by atoms with Gasteiger partial charge in [0.1, 0.15) is 5.76 Å².